The summed E-state index contributed by atoms with van der Waals surface area (Å²) in [4.78, 5) is 16.8. The third kappa shape index (κ3) is 3.31. The Morgan fingerprint density at radius 3 is 2.78 bits per heavy atom. The predicted molar refractivity (Wildman–Crippen MR) is 108 cm³/mol. The molecule has 0 bridgehead atoms. The van der Waals surface area contributed by atoms with Crippen molar-refractivity contribution in [2.45, 2.75) is 20.5 Å². The van der Waals surface area contributed by atoms with E-state index in [0.717, 1.165) is 32.7 Å². The Bertz CT molecular complexity index is 1140. The monoisotopic (exact) mass is 377 g/mol. The number of hydrogen-bond acceptors (Lipinski definition) is 4. The van der Waals surface area contributed by atoms with E-state index in [1.54, 1.807) is 6.33 Å². The summed E-state index contributed by atoms with van der Waals surface area (Å²) < 4.78 is 7.91. The topological polar surface area (TPSA) is 70.1 Å². The SMILES string of the molecule is Cc1ccc2ncn(-c3cc(OCc4ccccc4C)c(C(N)=O)s3)c2c1. The molecule has 0 unspecified atom stereocenters. The van der Waals surface area contributed by atoms with Gasteiger partial charge in [0.2, 0.25) is 0 Å². The van der Waals surface area contributed by atoms with Crippen LogP contribution >= 0.6 is 11.3 Å². The molecular weight excluding hydrogens is 358 g/mol. The van der Waals surface area contributed by atoms with Crippen LogP contribution < -0.4 is 10.5 Å². The van der Waals surface area contributed by atoms with Gasteiger partial charge in [0.1, 0.15) is 28.6 Å². The van der Waals surface area contributed by atoms with Crippen LogP contribution in [-0.2, 0) is 6.61 Å². The van der Waals surface area contributed by atoms with Crippen LogP contribution in [0.5, 0.6) is 5.75 Å². The third-order valence-corrected chi connectivity index (χ3v) is 5.62. The van der Waals surface area contributed by atoms with E-state index in [1.165, 1.54) is 11.3 Å². The van der Waals surface area contributed by atoms with Crippen LogP contribution in [-0.4, -0.2) is 15.5 Å². The summed E-state index contributed by atoms with van der Waals surface area (Å²) in [6, 6.07) is 15.9. The fourth-order valence-electron chi connectivity index (χ4n) is 2.98. The number of ether oxygens (including phenoxy) is 1. The molecule has 2 aromatic carbocycles. The lowest BCUT2D eigenvalue weighted by Gasteiger charge is -2.08. The zero-order chi connectivity index (χ0) is 19.0. The van der Waals surface area contributed by atoms with Gasteiger partial charge in [-0.25, -0.2) is 4.98 Å². The van der Waals surface area contributed by atoms with E-state index in [-0.39, 0.29) is 0 Å². The normalized spacial score (nSPS) is 11.0. The lowest BCUT2D eigenvalue weighted by molar-refractivity contribution is 0.1000. The quantitative estimate of drug-likeness (QED) is 0.561. The Balaban J connectivity index is 1.71. The van der Waals surface area contributed by atoms with Crippen LogP contribution in [0.1, 0.15) is 26.4 Å². The van der Waals surface area contributed by atoms with Crippen molar-refractivity contribution < 1.29 is 9.53 Å². The van der Waals surface area contributed by atoms with Gasteiger partial charge >= 0.3 is 0 Å². The van der Waals surface area contributed by atoms with E-state index in [1.807, 2.05) is 60.9 Å². The van der Waals surface area contributed by atoms with Gasteiger partial charge in [0, 0.05) is 6.07 Å². The highest BCUT2D eigenvalue weighted by Crippen LogP contribution is 2.34. The molecule has 0 atom stereocenters. The van der Waals surface area contributed by atoms with Crippen LogP contribution in [0.4, 0.5) is 0 Å². The van der Waals surface area contributed by atoms with E-state index in [9.17, 15) is 4.79 Å². The van der Waals surface area contributed by atoms with Gasteiger partial charge in [-0.2, -0.15) is 0 Å². The van der Waals surface area contributed by atoms with Crippen molar-refractivity contribution in [1.29, 1.82) is 0 Å². The lowest BCUT2D eigenvalue weighted by Crippen LogP contribution is -2.10. The molecule has 2 aromatic heterocycles. The number of amides is 1. The maximum atomic E-state index is 11.9. The van der Waals surface area contributed by atoms with E-state index in [0.29, 0.717) is 17.2 Å². The van der Waals surface area contributed by atoms with Gasteiger partial charge in [0.05, 0.1) is 11.0 Å². The molecule has 0 fully saturated rings. The average Bonchev–Trinajstić information content (AvgIpc) is 3.24. The van der Waals surface area contributed by atoms with E-state index < -0.39 is 5.91 Å². The van der Waals surface area contributed by atoms with Gasteiger partial charge in [0.25, 0.3) is 5.91 Å². The molecule has 2 N–H and O–H groups in total. The van der Waals surface area contributed by atoms with E-state index >= 15 is 0 Å². The molecule has 5 nitrogen and oxygen atoms in total. The van der Waals surface area contributed by atoms with Crippen LogP contribution in [0.3, 0.4) is 0 Å². The number of nitrogens with two attached hydrogens (primary N) is 1. The van der Waals surface area contributed by atoms with Crippen molar-refractivity contribution in [3.8, 4) is 10.8 Å². The van der Waals surface area contributed by atoms with Crippen molar-refractivity contribution in [3.63, 3.8) is 0 Å². The molecule has 1 amide bonds. The first-order valence-corrected chi connectivity index (χ1v) is 9.39. The van der Waals surface area contributed by atoms with Crippen molar-refractivity contribution >= 4 is 28.3 Å². The summed E-state index contributed by atoms with van der Waals surface area (Å²) in [5.41, 5.74) is 10.8. The minimum atomic E-state index is -0.494. The zero-order valence-electron chi connectivity index (χ0n) is 15.1. The molecule has 0 aliphatic carbocycles. The van der Waals surface area contributed by atoms with Gasteiger partial charge in [-0.05, 0) is 42.7 Å². The minimum Gasteiger partial charge on any atom is -0.487 e. The lowest BCUT2D eigenvalue weighted by atomic mass is 10.1. The van der Waals surface area contributed by atoms with Crippen molar-refractivity contribution in [2.24, 2.45) is 5.73 Å². The summed E-state index contributed by atoms with van der Waals surface area (Å²) in [5.74, 6) is 0.00638. The average molecular weight is 377 g/mol. The Morgan fingerprint density at radius 2 is 2.00 bits per heavy atom. The smallest absolute Gasteiger partial charge is 0.262 e. The van der Waals surface area contributed by atoms with Gasteiger partial charge in [0.15, 0.2) is 0 Å². The second-order valence-electron chi connectivity index (χ2n) is 6.46. The Kier molecular flexibility index (Phi) is 4.41. The number of thiophene rings is 1. The minimum absolute atomic E-state index is 0.382. The Hall–Kier alpha value is -3.12. The molecule has 136 valence electrons. The standard InChI is InChI=1S/C21H19N3O2S/c1-13-7-8-16-17(9-13)24(12-23-16)19-10-18(20(27-19)21(22)25)26-11-15-6-4-3-5-14(15)2/h3-10,12H,11H2,1-2H3,(H2,22,25). The van der Waals surface area contributed by atoms with Crippen LogP contribution in [0, 0.1) is 13.8 Å². The van der Waals surface area contributed by atoms with Gasteiger partial charge < -0.3 is 10.5 Å². The molecule has 4 rings (SSSR count). The number of hydrogen-bond donors (Lipinski definition) is 1. The largest absolute Gasteiger partial charge is 0.487 e. The first kappa shape index (κ1) is 17.3. The van der Waals surface area contributed by atoms with E-state index in [4.69, 9.17) is 10.5 Å². The Labute approximate surface area is 161 Å². The molecule has 0 saturated heterocycles. The molecule has 6 heteroatoms. The highest BCUT2D eigenvalue weighted by molar-refractivity contribution is 7.16. The Morgan fingerprint density at radius 1 is 1.19 bits per heavy atom. The number of fused-ring (bicyclic) bond motifs is 1. The van der Waals surface area contributed by atoms with Gasteiger partial charge in [-0.3, -0.25) is 9.36 Å². The predicted octanol–water partition coefficient (Wildman–Crippen LogP) is 4.38. The third-order valence-electron chi connectivity index (χ3n) is 4.49. The van der Waals surface area contributed by atoms with Crippen molar-refractivity contribution in [2.75, 3.05) is 0 Å². The summed E-state index contributed by atoms with van der Waals surface area (Å²) >= 11 is 1.31. The highest BCUT2D eigenvalue weighted by Gasteiger charge is 2.18. The fraction of sp³-hybridized carbons (Fsp3) is 0.143. The van der Waals surface area contributed by atoms with E-state index in [2.05, 4.69) is 11.1 Å². The van der Waals surface area contributed by atoms with Crippen molar-refractivity contribution in [3.05, 3.63) is 76.4 Å². The molecule has 0 aliphatic rings. The van der Waals surface area contributed by atoms with Crippen LogP contribution in [0.2, 0.25) is 0 Å². The molecular formula is C21H19N3O2S. The number of carbonyl (C=O) groups excluding carboxylic acids is 1. The molecule has 0 aliphatic heterocycles. The summed E-state index contributed by atoms with van der Waals surface area (Å²) in [5, 5.41) is 0.844. The molecule has 4 aromatic rings. The first-order valence-electron chi connectivity index (χ1n) is 8.58. The number of nitrogens with zero attached hydrogens (tertiary/aromatic N) is 2. The zero-order valence-corrected chi connectivity index (χ0v) is 15.9. The summed E-state index contributed by atoms with van der Waals surface area (Å²) in [6.07, 6.45) is 1.76. The summed E-state index contributed by atoms with van der Waals surface area (Å²) in [7, 11) is 0. The molecule has 2 heterocycles. The maximum absolute atomic E-state index is 11.9. The number of benzene rings is 2. The molecule has 0 spiro atoms. The number of rotatable bonds is 5. The second kappa shape index (κ2) is 6.89. The fourth-order valence-corrected chi connectivity index (χ4v) is 3.92. The van der Waals surface area contributed by atoms with Crippen LogP contribution in [0.15, 0.2) is 54.9 Å². The van der Waals surface area contributed by atoms with Gasteiger partial charge in [-0.15, -0.1) is 11.3 Å². The summed E-state index contributed by atoms with van der Waals surface area (Å²) in [6.45, 7) is 4.45. The number of carbonyl (C=O) groups is 1. The first-order chi connectivity index (χ1) is 13.0. The second-order valence-corrected chi connectivity index (χ2v) is 7.49. The molecule has 27 heavy (non-hydrogen) atoms. The number of primary amides is 1. The molecule has 0 radical (unpaired) electrons. The maximum Gasteiger partial charge on any atom is 0.262 e. The number of aromatic nitrogens is 2. The van der Waals surface area contributed by atoms with Gasteiger partial charge in [-0.1, -0.05) is 30.3 Å². The van der Waals surface area contributed by atoms with Crippen LogP contribution in [0.25, 0.3) is 16.0 Å². The molecule has 0 saturated carbocycles. The van der Waals surface area contributed by atoms with Crippen molar-refractivity contribution in [1.82, 2.24) is 9.55 Å². The highest BCUT2D eigenvalue weighted by atomic mass is 32.1. The number of imidazole rings is 1. The number of aryl methyl sites for hydroxylation is 2.